The summed E-state index contributed by atoms with van der Waals surface area (Å²) in [6.07, 6.45) is -5.50. The van der Waals surface area contributed by atoms with Crippen molar-refractivity contribution in [1.82, 2.24) is 0 Å². The third kappa shape index (κ3) is 13.8. The number of alkyl halides is 3. The van der Waals surface area contributed by atoms with Gasteiger partial charge in [-0.1, -0.05) is 0 Å². The topological polar surface area (TPSA) is 49.4 Å². The van der Waals surface area contributed by atoms with Crippen molar-refractivity contribution in [2.24, 2.45) is 0 Å². The Kier molecular flexibility index (Phi) is 8.34. The molecule has 3 nitrogen and oxygen atoms in total. The van der Waals surface area contributed by atoms with Crippen molar-refractivity contribution in [3.05, 3.63) is 0 Å². The SMILES string of the molecule is O=C([O-])CCOC(F)(F)F.[K+]. The van der Waals surface area contributed by atoms with Gasteiger partial charge in [-0.2, -0.15) is 0 Å². The summed E-state index contributed by atoms with van der Waals surface area (Å²) < 4.78 is 36.3. The Hall–Kier alpha value is 0.856. The fraction of sp³-hybridized carbons (Fsp3) is 0.750. The van der Waals surface area contributed by atoms with Crippen molar-refractivity contribution in [2.45, 2.75) is 12.8 Å². The molecule has 0 aromatic carbocycles. The first-order valence-electron chi connectivity index (χ1n) is 2.32. The zero-order valence-electron chi connectivity index (χ0n) is 5.77. The minimum atomic E-state index is -4.75. The zero-order chi connectivity index (χ0) is 8.20. The maximum absolute atomic E-state index is 11.1. The molecule has 0 aromatic rings. The number of hydrogen-bond donors (Lipinski definition) is 0. The molecular formula is C4H4F3KO3. The van der Waals surface area contributed by atoms with Gasteiger partial charge in [0, 0.05) is 12.4 Å². The number of aliphatic carboxylic acids is 1. The molecule has 0 aliphatic rings. The molecule has 0 atom stereocenters. The summed E-state index contributed by atoms with van der Waals surface area (Å²) in [5.74, 6) is -1.57. The Bertz CT molecular complexity index is 124. The van der Waals surface area contributed by atoms with Crippen molar-refractivity contribution in [3.63, 3.8) is 0 Å². The van der Waals surface area contributed by atoms with Crippen LogP contribution >= 0.6 is 0 Å². The summed E-state index contributed by atoms with van der Waals surface area (Å²) in [7, 11) is 0. The van der Waals surface area contributed by atoms with Gasteiger partial charge >= 0.3 is 57.7 Å². The number of carbonyl (C=O) groups excluding carboxylic acids is 1. The van der Waals surface area contributed by atoms with Crippen LogP contribution in [0.1, 0.15) is 6.42 Å². The molecule has 0 amide bonds. The molecule has 0 unspecified atom stereocenters. The monoisotopic (exact) mass is 196 g/mol. The first kappa shape index (κ1) is 14.4. The van der Waals surface area contributed by atoms with E-state index in [1.54, 1.807) is 0 Å². The predicted molar refractivity (Wildman–Crippen MR) is 21.6 cm³/mol. The average molecular weight is 196 g/mol. The minimum Gasteiger partial charge on any atom is -0.550 e. The first-order valence-corrected chi connectivity index (χ1v) is 2.32. The zero-order valence-corrected chi connectivity index (χ0v) is 8.90. The molecule has 0 radical (unpaired) electrons. The second-order valence-electron chi connectivity index (χ2n) is 1.42. The minimum absolute atomic E-state index is 0. The molecule has 0 heterocycles. The van der Waals surface area contributed by atoms with Crippen LogP contribution in [0.4, 0.5) is 13.2 Å². The van der Waals surface area contributed by atoms with Crippen LogP contribution in [0.3, 0.4) is 0 Å². The summed E-state index contributed by atoms with van der Waals surface area (Å²) in [4.78, 5) is 9.53. The van der Waals surface area contributed by atoms with E-state index in [0.29, 0.717) is 0 Å². The predicted octanol–water partition coefficient (Wildman–Crippen LogP) is -3.33. The number of carboxylic acids is 1. The standard InChI is InChI=1S/C4H5F3O3.K/c5-4(6,7)10-2-1-3(8)9;/h1-2H2,(H,8,9);/q;+1/p-1. The van der Waals surface area contributed by atoms with Crippen LogP contribution in [0.15, 0.2) is 0 Å². The van der Waals surface area contributed by atoms with Crippen molar-refractivity contribution < 1.29 is 79.2 Å². The molecule has 0 N–H and O–H groups in total. The summed E-state index contributed by atoms with van der Waals surface area (Å²) in [6, 6.07) is 0. The van der Waals surface area contributed by atoms with Crippen molar-refractivity contribution in [3.8, 4) is 0 Å². The van der Waals surface area contributed by atoms with Gasteiger partial charge in [0.05, 0.1) is 6.61 Å². The Labute approximate surface area is 103 Å². The number of hydrogen-bond acceptors (Lipinski definition) is 3. The van der Waals surface area contributed by atoms with E-state index in [0.717, 1.165) is 0 Å². The van der Waals surface area contributed by atoms with Gasteiger partial charge in [-0.25, -0.2) is 0 Å². The molecule has 0 rings (SSSR count). The third-order valence-corrected chi connectivity index (χ3v) is 0.572. The van der Waals surface area contributed by atoms with Crippen molar-refractivity contribution >= 4 is 5.97 Å². The van der Waals surface area contributed by atoms with E-state index < -0.39 is 25.4 Å². The van der Waals surface area contributed by atoms with Crippen LogP contribution in [-0.4, -0.2) is 18.9 Å². The van der Waals surface area contributed by atoms with Crippen LogP contribution in [0, 0.1) is 0 Å². The first-order chi connectivity index (χ1) is 4.42. The van der Waals surface area contributed by atoms with Crippen LogP contribution in [-0.2, 0) is 9.53 Å². The molecule has 60 valence electrons. The van der Waals surface area contributed by atoms with Crippen molar-refractivity contribution in [2.75, 3.05) is 6.61 Å². The molecule has 0 aromatic heterocycles. The van der Waals surface area contributed by atoms with Gasteiger partial charge in [0.2, 0.25) is 0 Å². The summed E-state index contributed by atoms with van der Waals surface area (Å²) >= 11 is 0. The summed E-state index contributed by atoms with van der Waals surface area (Å²) in [5, 5.41) is 9.53. The number of halogens is 3. The number of carboxylic acid groups (broad SMARTS) is 1. The normalized spacial score (nSPS) is 10.5. The quantitative estimate of drug-likeness (QED) is 0.443. The van der Waals surface area contributed by atoms with E-state index in [2.05, 4.69) is 4.74 Å². The summed E-state index contributed by atoms with van der Waals surface area (Å²) in [5.41, 5.74) is 0. The Balaban J connectivity index is 0. The number of rotatable bonds is 3. The van der Waals surface area contributed by atoms with Gasteiger partial charge in [-0.15, -0.1) is 13.2 Å². The van der Waals surface area contributed by atoms with E-state index in [1.807, 2.05) is 0 Å². The Morgan fingerprint density at radius 1 is 1.45 bits per heavy atom. The Morgan fingerprint density at radius 3 is 2.18 bits per heavy atom. The molecule has 0 saturated heterocycles. The maximum atomic E-state index is 11.1. The van der Waals surface area contributed by atoms with E-state index in [4.69, 9.17) is 0 Å². The molecule has 0 saturated carbocycles. The molecule has 0 spiro atoms. The van der Waals surface area contributed by atoms with Crippen molar-refractivity contribution in [1.29, 1.82) is 0 Å². The molecule has 0 bridgehead atoms. The van der Waals surface area contributed by atoms with E-state index >= 15 is 0 Å². The fourth-order valence-electron chi connectivity index (χ4n) is 0.250. The van der Waals surface area contributed by atoms with Gasteiger partial charge in [0.25, 0.3) is 0 Å². The van der Waals surface area contributed by atoms with Gasteiger partial charge in [0.1, 0.15) is 0 Å². The molecule has 0 fully saturated rings. The van der Waals surface area contributed by atoms with Crippen LogP contribution in [0.2, 0.25) is 0 Å². The van der Waals surface area contributed by atoms with Gasteiger partial charge in [0.15, 0.2) is 0 Å². The van der Waals surface area contributed by atoms with E-state index in [1.165, 1.54) is 0 Å². The third-order valence-electron chi connectivity index (χ3n) is 0.572. The maximum Gasteiger partial charge on any atom is 1.00 e. The van der Waals surface area contributed by atoms with Crippen LogP contribution in [0.25, 0.3) is 0 Å². The van der Waals surface area contributed by atoms with Gasteiger partial charge < -0.3 is 9.90 Å². The molecular weight excluding hydrogens is 192 g/mol. The van der Waals surface area contributed by atoms with Gasteiger partial charge in [-0.05, 0) is 0 Å². The largest absolute Gasteiger partial charge is 1.00 e. The second kappa shape index (κ2) is 6.38. The number of ether oxygens (including phenoxy) is 1. The molecule has 0 aliphatic heterocycles. The molecule has 7 heteroatoms. The number of carbonyl (C=O) groups is 1. The van der Waals surface area contributed by atoms with Gasteiger partial charge in [-0.3, -0.25) is 4.74 Å². The second-order valence-corrected chi connectivity index (χ2v) is 1.42. The Morgan fingerprint density at radius 2 is 1.91 bits per heavy atom. The molecule has 11 heavy (non-hydrogen) atoms. The summed E-state index contributed by atoms with van der Waals surface area (Å²) in [6.45, 7) is -0.897. The smallest absolute Gasteiger partial charge is 0.550 e. The fourth-order valence-corrected chi connectivity index (χ4v) is 0.250. The average Bonchev–Trinajstić information content (AvgIpc) is 1.59. The van der Waals surface area contributed by atoms with E-state index in [-0.39, 0.29) is 51.4 Å². The van der Waals surface area contributed by atoms with Crippen LogP contribution in [0.5, 0.6) is 0 Å². The molecule has 0 aliphatic carbocycles. The van der Waals surface area contributed by atoms with E-state index in [9.17, 15) is 23.1 Å². The van der Waals surface area contributed by atoms with Crippen LogP contribution < -0.4 is 56.5 Å².